The SMILES string of the molecule is Cl.O=C(CCc1ccccc1)c1cc(F)ccc1OCC(O)CN1CCN(c2ccc([N+](=O)[O-])cc2)CC1. The van der Waals surface area contributed by atoms with Gasteiger partial charge in [-0.05, 0) is 42.3 Å². The topological polar surface area (TPSA) is 96.2 Å². The molecule has 0 bridgehead atoms. The quantitative estimate of drug-likeness (QED) is 0.215. The highest BCUT2D eigenvalue weighted by atomic mass is 35.5. The minimum Gasteiger partial charge on any atom is -0.490 e. The highest BCUT2D eigenvalue weighted by Crippen LogP contribution is 2.23. The van der Waals surface area contributed by atoms with Crippen LogP contribution in [0.5, 0.6) is 5.75 Å². The second kappa shape index (κ2) is 13.9. The molecule has 3 aromatic rings. The average molecular weight is 544 g/mol. The Morgan fingerprint density at radius 1 is 1.03 bits per heavy atom. The summed E-state index contributed by atoms with van der Waals surface area (Å²) in [5.41, 5.74) is 2.20. The Balaban J connectivity index is 0.00000400. The number of non-ortho nitro benzene ring substituents is 1. The number of rotatable bonds is 11. The van der Waals surface area contributed by atoms with Gasteiger partial charge in [0.25, 0.3) is 5.69 Å². The predicted molar refractivity (Wildman–Crippen MR) is 146 cm³/mol. The van der Waals surface area contributed by atoms with Crippen LogP contribution < -0.4 is 9.64 Å². The molecular formula is C28H31ClFN3O5. The van der Waals surface area contributed by atoms with E-state index in [1.807, 2.05) is 30.3 Å². The van der Waals surface area contributed by atoms with Crippen LogP contribution in [0.1, 0.15) is 22.3 Å². The summed E-state index contributed by atoms with van der Waals surface area (Å²) in [6.45, 7) is 3.26. The Kier molecular flexibility index (Phi) is 10.6. The van der Waals surface area contributed by atoms with Gasteiger partial charge in [0.05, 0.1) is 10.5 Å². The summed E-state index contributed by atoms with van der Waals surface area (Å²) in [7, 11) is 0. The van der Waals surface area contributed by atoms with Crippen molar-refractivity contribution < 1.29 is 24.0 Å². The summed E-state index contributed by atoms with van der Waals surface area (Å²) < 4.78 is 19.7. The van der Waals surface area contributed by atoms with Crippen LogP contribution in [0.25, 0.3) is 0 Å². The molecule has 0 radical (unpaired) electrons. The van der Waals surface area contributed by atoms with E-state index in [-0.39, 0.29) is 48.2 Å². The monoisotopic (exact) mass is 543 g/mol. The van der Waals surface area contributed by atoms with Crippen LogP contribution in [-0.4, -0.2) is 66.1 Å². The number of benzene rings is 3. The van der Waals surface area contributed by atoms with Crippen LogP contribution in [0.2, 0.25) is 0 Å². The molecule has 0 saturated carbocycles. The first-order valence-corrected chi connectivity index (χ1v) is 12.3. The molecule has 1 N–H and O–H groups in total. The third kappa shape index (κ3) is 7.98. The number of piperazine rings is 1. The van der Waals surface area contributed by atoms with Crippen molar-refractivity contribution in [3.63, 3.8) is 0 Å². The maximum Gasteiger partial charge on any atom is 0.269 e. The molecule has 0 aliphatic carbocycles. The zero-order valence-electron chi connectivity index (χ0n) is 20.9. The van der Waals surface area contributed by atoms with E-state index in [9.17, 15) is 24.4 Å². The number of ether oxygens (including phenoxy) is 1. The van der Waals surface area contributed by atoms with Gasteiger partial charge >= 0.3 is 0 Å². The van der Waals surface area contributed by atoms with E-state index in [2.05, 4.69) is 9.80 Å². The summed E-state index contributed by atoms with van der Waals surface area (Å²) in [5, 5.41) is 21.4. The van der Waals surface area contributed by atoms with Crippen LogP contribution in [0.3, 0.4) is 0 Å². The van der Waals surface area contributed by atoms with Gasteiger partial charge in [-0.2, -0.15) is 0 Å². The molecule has 1 unspecified atom stereocenters. The number of aliphatic hydroxyl groups is 1. The Morgan fingerprint density at radius 3 is 2.37 bits per heavy atom. The Morgan fingerprint density at radius 2 is 1.71 bits per heavy atom. The van der Waals surface area contributed by atoms with Crippen LogP contribution in [0, 0.1) is 15.9 Å². The van der Waals surface area contributed by atoms with Gasteiger partial charge in [-0.15, -0.1) is 12.4 Å². The van der Waals surface area contributed by atoms with Crippen LogP contribution in [-0.2, 0) is 6.42 Å². The molecule has 0 amide bonds. The van der Waals surface area contributed by atoms with Crippen molar-refractivity contribution in [2.24, 2.45) is 0 Å². The number of nitro groups is 1. The summed E-state index contributed by atoms with van der Waals surface area (Å²) in [4.78, 5) is 27.5. The third-order valence-electron chi connectivity index (χ3n) is 6.42. The Hall–Kier alpha value is -3.53. The number of halogens is 2. The van der Waals surface area contributed by atoms with E-state index >= 15 is 0 Å². The number of β-amino-alcohol motifs (C(OH)–C–C–N with tert-alkyl or cyclic N) is 1. The second-order valence-corrected chi connectivity index (χ2v) is 9.08. The largest absolute Gasteiger partial charge is 0.490 e. The molecule has 4 rings (SSSR count). The second-order valence-electron chi connectivity index (χ2n) is 9.08. The van der Waals surface area contributed by atoms with Crippen molar-refractivity contribution in [3.05, 3.63) is 99.9 Å². The van der Waals surface area contributed by atoms with Crippen LogP contribution in [0.15, 0.2) is 72.8 Å². The zero-order chi connectivity index (χ0) is 26.2. The fourth-order valence-corrected chi connectivity index (χ4v) is 4.39. The molecule has 1 saturated heterocycles. The number of aliphatic hydroxyl groups excluding tert-OH is 1. The van der Waals surface area contributed by atoms with Crippen molar-refractivity contribution >= 4 is 29.6 Å². The van der Waals surface area contributed by atoms with E-state index in [1.165, 1.54) is 30.3 Å². The molecule has 8 nitrogen and oxygen atoms in total. The number of ketones is 1. The van der Waals surface area contributed by atoms with Gasteiger partial charge in [0.1, 0.15) is 24.3 Å². The van der Waals surface area contributed by atoms with Crippen molar-refractivity contribution in [3.8, 4) is 5.75 Å². The Bertz CT molecular complexity index is 1200. The molecule has 1 heterocycles. The average Bonchev–Trinajstić information content (AvgIpc) is 2.92. The van der Waals surface area contributed by atoms with Gasteiger partial charge in [0.15, 0.2) is 5.78 Å². The van der Waals surface area contributed by atoms with E-state index in [4.69, 9.17) is 4.74 Å². The number of Topliss-reactive ketones (excluding diaryl/α,β-unsaturated/α-hetero) is 1. The molecule has 1 fully saturated rings. The lowest BCUT2D eigenvalue weighted by molar-refractivity contribution is -0.384. The number of anilines is 1. The lowest BCUT2D eigenvalue weighted by atomic mass is 10.0. The van der Waals surface area contributed by atoms with E-state index in [0.717, 1.165) is 24.3 Å². The Labute approximate surface area is 227 Å². The van der Waals surface area contributed by atoms with Crippen molar-refractivity contribution in [2.45, 2.75) is 18.9 Å². The van der Waals surface area contributed by atoms with E-state index in [0.29, 0.717) is 26.1 Å². The third-order valence-corrected chi connectivity index (χ3v) is 6.42. The van der Waals surface area contributed by atoms with Gasteiger partial charge in [0.2, 0.25) is 0 Å². The zero-order valence-corrected chi connectivity index (χ0v) is 21.7. The predicted octanol–water partition coefficient (Wildman–Crippen LogP) is 4.53. The minimum absolute atomic E-state index is 0. The maximum absolute atomic E-state index is 13.9. The number of carbonyl (C=O) groups excluding carboxylic acids is 1. The molecule has 1 aliphatic rings. The standard InChI is InChI=1S/C28H30FN3O5.ClH/c29-22-7-13-28(26(18-22)27(34)12-6-21-4-2-1-3-5-21)37-20-25(33)19-30-14-16-31(17-15-30)23-8-10-24(11-9-23)32(35)36;/h1-5,7-11,13,18,25,33H,6,12,14-17,19-20H2;1H. The number of hydrogen-bond acceptors (Lipinski definition) is 7. The van der Waals surface area contributed by atoms with Crippen LogP contribution >= 0.6 is 12.4 Å². The molecular weight excluding hydrogens is 513 g/mol. The highest BCUT2D eigenvalue weighted by molar-refractivity contribution is 5.98. The molecule has 0 spiro atoms. The molecule has 1 aliphatic heterocycles. The summed E-state index contributed by atoms with van der Waals surface area (Å²) in [6.07, 6.45) is -0.0153. The molecule has 3 aromatic carbocycles. The first-order valence-electron chi connectivity index (χ1n) is 12.3. The van der Waals surface area contributed by atoms with Gasteiger partial charge in [-0.25, -0.2) is 4.39 Å². The normalized spacial score (nSPS) is 14.4. The van der Waals surface area contributed by atoms with Gasteiger partial charge in [-0.3, -0.25) is 19.8 Å². The van der Waals surface area contributed by atoms with Crippen molar-refractivity contribution in [2.75, 3.05) is 44.2 Å². The van der Waals surface area contributed by atoms with Gasteiger partial charge < -0.3 is 14.7 Å². The first kappa shape index (κ1) is 29.0. The lowest BCUT2D eigenvalue weighted by Crippen LogP contribution is -2.49. The number of aryl methyl sites for hydroxylation is 1. The van der Waals surface area contributed by atoms with Crippen LogP contribution in [0.4, 0.5) is 15.8 Å². The molecule has 202 valence electrons. The van der Waals surface area contributed by atoms with Gasteiger partial charge in [0, 0.05) is 57.0 Å². The summed E-state index contributed by atoms with van der Waals surface area (Å²) in [5.74, 6) is -0.460. The molecule has 38 heavy (non-hydrogen) atoms. The number of nitrogens with zero attached hydrogens (tertiary/aromatic N) is 3. The fourth-order valence-electron chi connectivity index (χ4n) is 4.39. The van der Waals surface area contributed by atoms with E-state index in [1.54, 1.807) is 12.1 Å². The number of nitro benzene ring substituents is 1. The fraction of sp³-hybridized carbons (Fsp3) is 0.321. The highest BCUT2D eigenvalue weighted by Gasteiger charge is 2.21. The lowest BCUT2D eigenvalue weighted by Gasteiger charge is -2.36. The first-order chi connectivity index (χ1) is 17.9. The summed E-state index contributed by atoms with van der Waals surface area (Å²) in [6, 6.07) is 20.0. The minimum atomic E-state index is -0.789. The van der Waals surface area contributed by atoms with Gasteiger partial charge in [-0.1, -0.05) is 30.3 Å². The van der Waals surface area contributed by atoms with Crippen molar-refractivity contribution in [1.82, 2.24) is 4.90 Å². The van der Waals surface area contributed by atoms with Crippen molar-refractivity contribution in [1.29, 1.82) is 0 Å². The summed E-state index contributed by atoms with van der Waals surface area (Å²) >= 11 is 0. The molecule has 0 aromatic heterocycles. The molecule has 1 atom stereocenters. The maximum atomic E-state index is 13.9. The smallest absolute Gasteiger partial charge is 0.269 e. The number of hydrogen-bond donors (Lipinski definition) is 1. The van der Waals surface area contributed by atoms with E-state index < -0.39 is 16.8 Å². The molecule has 10 heteroatoms. The number of carbonyl (C=O) groups is 1.